The molecular formula is C17H27NO. The first-order chi connectivity index (χ1) is 8.88. The second-order valence-electron chi connectivity index (χ2n) is 6.14. The predicted octanol–water partition coefficient (Wildman–Crippen LogP) is 4.02. The molecule has 0 aliphatic carbocycles. The third kappa shape index (κ3) is 4.46. The Morgan fingerprint density at radius 1 is 1.21 bits per heavy atom. The van der Waals surface area contributed by atoms with Crippen molar-refractivity contribution in [3.05, 3.63) is 35.9 Å². The summed E-state index contributed by atoms with van der Waals surface area (Å²) in [5, 5.41) is 0. The summed E-state index contributed by atoms with van der Waals surface area (Å²) < 4.78 is 0. The summed E-state index contributed by atoms with van der Waals surface area (Å²) in [7, 11) is 0. The minimum absolute atomic E-state index is 0.231. The molecule has 1 aromatic rings. The van der Waals surface area contributed by atoms with Crippen LogP contribution in [-0.4, -0.2) is 29.8 Å². The smallest absolute Gasteiger partial charge is 0.169 e. The Hall–Kier alpha value is -1.15. The Kier molecular flexibility index (Phi) is 5.74. The summed E-state index contributed by atoms with van der Waals surface area (Å²) in [6.45, 7) is 12.5. The van der Waals surface area contributed by atoms with Gasteiger partial charge in [-0.25, -0.2) is 0 Å². The topological polar surface area (TPSA) is 20.3 Å². The monoisotopic (exact) mass is 261 g/mol. The molecule has 0 spiro atoms. The lowest BCUT2D eigenvalue weighted by Gasteiger charge is -2.34. The maximum Gasteiger partial charge on any atom is 0.169 e. The summed E-state index contributed by atoms with van der Waals surface area (Å²) in [6.07, 6.45) is 1.12. The summed E-state index contributed by atoms with van der Waals surface area (Å²) in [4.78, 5) is 15.0. The minimum atomic E-state index is -0.346. The number of Topliss-reactive ketones (excluding diaryl/α,β-unsaturated/α-hetero) is 1. The summed E-state index contributed by atoms with van der Waals surface area (Å²) in [5.41, 5.74) is 0.466. The molecule has 0 amide bonds. The van der Waals surface area contributed by atoms with E-state index >= 15 is 0 Å². The van der Waals surface area contributed by atoms with E-state index in [1.165, 1.54) is 0 Å². The lowest BCUT2D eigenvalue weighted by atomic mass is 9.83. The molecule has 1 aromatic carbocycles. The quantitative estimate of drug-likeness (QED) is 0.691. The lowest BCUT2D eigenvalue weighted by molar-refractivity contribution is 0.0731. The van der Waals surface area contributed by atoms with Crippen molar-refractivity contribution in [1.29, 1.82) is 0 Å². The molecule has 0 aromatic heterocycles. The number of nitrogens with zero attached hydrogens (tertiary/aromatic N) is 1. The zero-order valence-corrected chi connectivity index (χ0v) is 12.9. The Balaban J connectivity index is 2.82. The van der Waals surface area contributed by atoms with Gasteiger partial charge in [-0.05, 0) is 26.8 Å². The molecule has 0 unspecified atom stereocenters. The molecule has 0 radical (unpaired) electrons. The average Bonchev–Trinajstić information content (AvgIpc) is 2.38. The molecule has 0 N–H and O–H groups in total. The van der Waals surface area contributed by atoms with E-state index in [0.29, 0.717) is 6.04 Å². The van der Waals surface area contributed by atoms with E-state index in [2.05, 4.69) is 25.7 Å². The van der Waals surface area contributed by atoms with Gasteiger partial charge < -0.3 is 0 Å². The van der Waals surface area contributed by atoms with E-state index in [1.807, 2.05) is 44.2 Å². The Bertz CT molecular complexity index is 395. The zero-order chi connectivity index (χ0) is 14.5. The van der Waals surface area contributed by atoms with Gasteiger partial charge in [-0.1, -0.05) is 51.1 Å². The van der Waals surface area contributed by atoms with Gasteiger partial charge in [0.15, 0.2) is 5.78 Å². The molecule has 0 atom stereocenters. The van der Waals surface area contributed by atoms with Crippen LogP contribution in [0.15, 0.2) is 30.3 Å². The number of carbonyl (C=O) groups is 1. The molecule has 0 heterocycles. The van der Waals surface area contributed by atoms with Crippen LogP contribution in [0.3, 0.4) is 0 Å². The van der Waals surface area contributed by atoms with Gasteiger partial charge in [-0.3, -0.25) is 9.69 Å². The fourth-order valence-corrected chi connectivity index (χ4v) is 2.37. The van der Waals surface area contributed by atoms with Gasteiger partial charge in [-0.15, -0.1) is 0 Å². The molecule has 0 fully saturated rings. The second-order valence-corrected chi connectivity index (χ2v) is 6.14. The Morgan fingerprint density at radius 2 is 1.79 bits per heavy atom. The van der Waals surface area contributed by atoms with Crippen LogP contribution in [0.1, 0.15) is 51.4 Å². The van der Waals surface area contributed by atoms with Gasteiger partial charge >= 0.3 is 0 Å². The fraction of sp³-hybridized carbons (Fsp3) is 0.588. The first-order valence-electron chi connectivity index (χ1n) is 7.22. The fourth-order valence-electron chi connectivity index (χ4n) is 2.37. The Labute approximate surface area is 117 Å². The Morgan fingerprint density at radius 3 is 2.26 bits per heavy atom. The van der Waals surface area contributed by atoms with Crippen molar-refractivity contribution in [1.82, 2.24) is 4.90 Å². The molecule has 0 bridgehead atoms. The average molecular weight is 261 g/mol. The van der Waals surface area contributed by atoms with Crippen LogP contribution >= 0.6 is 0 Å². The van der Waals surface area contributed by atoms with Crippen LogP contribution in [0.2, 0.25) is 0 Å². The van der Waals surface area contributed by atoms with Crippen LogP contribution in [-0.2, 0) is 0 Å². The van der Waals surface area contributed by atoms with Crippen LogP contribution in [0, 0.1) is 5.41 Å². The molecule has 2 nitrogen and oxygen atoms in total. The number of ketones is 1. The van der Waals surface area contributed by atoms with Crippen molar-refractivity contribution in [2.75, 3.05) is 13.1 Å². The summed E-state index contributed by atoms with van der Waals surface area (Å²) in [5.74, 6) is 0.231. The number of hydrogen-bond donors (Lipinski definition) is 0. The van der Waals surface area contributed by atoms with E-state index in [9.17, 15) is 4.79 Å². The molecule has 1 rings (SSSR count). The lowest BCUT2D eigenvalue weighted by Crippen LogP contribution is -2.43. The highest BCUT2D eigenvalue weighted by atomic mass is 16.1. The largest absolute Gasteiger partial charge is 0.300 e. The third-order valence-corrected chi connectivity index (χ3v) is 3.49. The number of carbonyl (C=O) groups excluding carboxylic acids is 1. The molecule has 19 heavy (non-hydrogen) atoms. The molecule has 106 valence electrons. The normalized spacial score (nSPS) is 12.2. The molecular weight excluding hydrogens is 234 g/mol. The van der Waals surface area contributed by atoms with Gasteiger partial charge in [0.2, 0.25) is 0 Å². The van der Waals surface area contributed by atoms with Crippen molar-refractivity contribution < 1.29 is 4.79 Å². The van der Waals surface area contributed by atoms with Gasteiger partial charge in [-0.2, -0.15) is 0 Å². The van der Waals surface area contributed by atoms with E-state index in [1.54, 1.807) is 0 Å². The SMILES string of the molecule is CCCN(CC(C)(C)C(=O)c1ccccc1)C(C)C. The molecule has 0 saturated carbocycles. The van der Waals surface area contributed by atoms with Crippen LogP contribution in [0.5, 0.6) is 0 Å². The van der Waals surface area contributed by atoms with Crippen LogP contribution in [0.25, 0.3) is 0 Å². The summed E-state index contributed by atoms with van der Waals surface area (Å²) >= 11 is 0. The zero-order valence-electron chi connectivity index (χ0n) is 12.9. The van der Waals surface area contributed by atoms with Crippen LogP contribution in [0.4, 0.5) is 0 Å². The standard InChI is InChI=1S/C17H27NO/c1-6-12-18(14(2)3)13-17(4,5)16(19)15-10-8-7-9-11-15/h7-11,14H,6,12-13H2,1-5H3. The first kappa shape index (κ1) is 15.9. The maximum atomic E-state index is 12.6. The van der Waals surface area contributed by atoms with Gasteiger partial charge in [0.05, 0.1) is 0 Å². The molecule has 0 saturated heterocycles. The minimum Gasteiger partial charge on any atom is -0.300 e. The van der Waals surface area contributed by atoms with Crippen molar-refractivity contribution in [3.8, 4) is 0 Å². The highest BCUT2D eigenvalue weighted by Crippen LogP contribution is 2.24. The predicted molar refractivity (Wildman–Crippen MR) is 81.6 cm³/mol. The molecule has 2 heteroatoms. The van der Waals surface area contributed by atoms with E-state index in [4.69, 9.17) is 0 Å². The highest BCUT2D eigenvalue weighted by molar-refractivity contribution is 6.00. The molecule has 0 aliphatic rings. The van der Waals surface area contributed by atoms with Gasteiger partial charge in [0.1, 0.15) is 0 Å². The van der Waals surface area contributed by atoms with E-state index in [-0.39, 0.29) is 11.2 Å². The maximum absolute atomic E-state index is 12.6. The van der Waals surface area contributed by atoms with E-state index < -0.39 is 0 Å². The van der Waals surface area contributed by atoms with Gasteiger partial charge in [0, 0.05) is 23.6 Å². The third-order valence-electron chi connectivity index (χ3n) is 3.49. The molecule has 0 aliphatic heterocycles. The highest BCUT2D eigenvalue weighted by Gasteiger charge is 2.31. The van der Waals surface area contributed by atoms with Crippen molar-refractivity contribution >= 4 is 5.78 Å². The second kappa shape index (κ2) is 6.85. The van der Waals surface area contributed by atoms with E-state index in [0.717, 1.165) is 25.1 Å². The van der Waals surface area contributed by atoms with Crippen molar-refractivity contribution in [2.24, 2.45) is 5.41 Å². The van der Waals surface area contributed by atoms with Crippen molar-refractivity contribution in [2.45, 2.75) is 47.1 Å². The first-order valence-corrected chi connectivity index (χ1v) is 7.22. The number of benzene rings is 1. The number of hydrogen-bond acceptors (Lipinski definition) is 2. The van der Waals surface area contributed by atoms with Crippen molar-refractivity contribution in [3.63, 3.8) is 0 Å². The number of rotatable bonds is 7. The van der Waals surface area contributed by atoms with Crippen LogP contribution < -0.4 is 0 Å². The van der Waals surface area contributed by atoms with Gasteiger partial charge in [0.25, 0.3) is 0 Å². The summed E-state index contributed by atoms with van der Waals surface area (Å²) in [6, 6.07) is 10.1.